The Bertz CT molecular complexity index is 462. The minimum absolute atomic E-state index is 0.790. The maximum atomic E-state index is 5.64. The second-order valence-electron chi connectivity index (χ2n) is 3.95. The molecule has 1 aromatic rings. The molecule has 18 heavy (non-hydrogen) atoms. The van der Waals surface area contributed by atoms with E-state index in [1.165, 1.54) is 5.57 Å². The average Bonchev–Trinajstić information content (AvgIpc) is 2.36. The highest BCUT2D eigenvalue weighted by Crippen LogP contribution is 2.10. The summed E-state index contributed by atoms with van der Waals surface area (Å²) in [6.45, 7) is 4.91. The van der Waals surface area contributed by atoms with E-state index in [0.717, 1.165) is 17.8 Å². The van der Waals surface area contributed by atoms with Crippen molar-refractivity contribution in [3.63, 3.8) is 0 Å². The lowest BCUT2D eigenvalue weighted by Gasteiger charge is -1.96. The zero-order valence-corrected chi connectivity index (χ0v) is 11.0. The van der Waals surface area contributed by atoms with Gasteiger partial charge >= 0.3 is 0 Å². The van der Waals surface area contributed by atoms with Gasteiger partial charge in [-0.15, -0.1) is 0 Å². The Morgan fingerprint density at radius 1 is 1.17 bits per heavy atom. The van der Waals surface area contributed by atoms with E-state index >= 15 is 0 Å². The average molecular weight is 240 g/mol. The molecular formula is C16H20N2. The molecule has 2 heteroatoms. The van der Waals surface area contributed by atoms with E-state index in [9.17, 15) is 0 Å². The molecule has 0 radical (unpaired) electrons. The van der Waals surface area contributed by atoms with Crippen LogP contribution in [-0.2, 0) is 0 Å². The van der Waals surface area contributed by atoms with Crippen LogP contribution in [0, 0.1) is 0 Å². The van der Waals surface area contributed by atoms with Crippen LogP contribution >= 0.6 is 0 Å². The van der Waals surface area contributed by atoms with Gasteiger partial charge in [0, 0.05) is 18.4 Å². The SMILES string of the molecule is CCN=C\C=C/C=C/C(C)=C/c1ccc(N)cc1. The van der Waals surface area contributed by atoms with Gasteiger partial charge in [0.15, 0.2) is 0 Å². The highest BCUT2D eigenvalue weighted by molar-refractivity contribution is 5.71. The highest BCUT2D eigenvalue weighted by Gasteiger charge is 1.88. The normalized spacial score (nSPS) is 13.1. The monoisotopic (exact) mass is 240 g/mol. The number of nitrogen functional groups attached to an aromatic ring is 1. The Kier molecular flexibility index (Phi) is 6.26. The van der Waals surface area contributed by atoms with Crippen LogP contribution in [0.2, 0.25) is 0 Å². The summed E-state index contributed by atoms with van der Waals surface area (Å²) in [4.78, 5) is 4.09. The standard InChI is InChI=1S/C16H20N2/c1-3-18-12-6-4-5-7-14(2)13-15-8-10-16(17)11-9-15/h4-13H,3,17H2,1-2H3/b6-4-,7-5+,14-13+,18-12?. The van der Waals surface area contributed by atoms with Crippen molar-refractivity contribution in [3.05, 3.63) is 59.7 Å². The van der Waals surface area contributed by atoms with Crippen LogP contribution in [0.1, 0.15) is 19.4 Å². The van der Waals surface area contributed by atoms with Crippen molar-refractivity contribution < 1.29 is 0 Å². The zero-order chi connectivity index (χ0) is 13.2. The Morgan fingerprint density at radius 2 is 1.89 bits per heavy atom. The topological polar surface area (TPSA) is 38.4 Å². The van der Waals surface area contributed by atoms with Crippen LogP contribution in [-0.4, -0.2) is 12.8 Å². The molecule has 0 aliphatic heterocycles. The molecule has 0 unspecified atom stereocenters. The molecule has 0 saturated carbocycles. The molecule has 0 aromatic heterocycles. The number of hydrogen-bond acceptors (Lipinski definition) is 2. The molecule has 2 N–H and O–H groups in total. The molecule has 0 aliphatic rings. The van der Waals surface area contributed by atoms with Gasteiger partial charge in [-0.1, -0.05) is 42.0 Å². The van der Waals surface area contributed by atoms with Gasteiger partial charge < -0.3 is 5.73 Å². The number of anilines is 1. The first-order valence-corrected chi connectivity index (χ1v) is 6.09. The molecule has 0 saturated heterocycles. The predicted molar refractivity (Wildman–Crippen MR) is 81.8 cm³/mol. The summed E-state index contributed by atoms with van der Waals surface area (Å²) in [6.07, 6.45) is 11.9. The zero-order valence-electron chi connectivity index (χ0n) is 11.0. The Balaban J connectivity index is 2.56. The number of allylic oxidation sites excluding steroid dienone is 5. The van der Waals surface area contributed by atoms with Crippen LogP contribution < -0.4 is 5.73 Å². The molecule has 2 nitrogen and oxygen atoms in total. The second kappa shape index (κ2) is 8.07. The smallest absolute Gasteiger partial charge is 0.0360 e. The molecular weight excluding hydrogens is 220 g/mol. The van der Waals surface area contributed by atoms with Crippen molar-refractivity contribution in [3.8, 4) is 0 Å². The number of nitrogens with two attached hydrogens (primary N) is 1. The second-order valence-corrected chi connectivity index (χ2v) is 3.95. The van der Waals surface area contributed by atoms with Crippen LogP contribution in [0.3, 0.4) is 0 Å². The summed E-state index contributed by atoms with van der Waals surface area (Å²) in [5.74, 6) is 0. The van der Waals surface area contributed by atoms with E-state index in [0.29, 0.717) is 0 Å². The fourth-order valence-corrected chi connectivity index (χ4v) is 1.39. The molecule has 0 spiro atoms. The number of aliphatic imine (C=N–C) groups is 1. The Hall–Kier alpha value is -2.09. The number of hydrogen-bond donors (Lipinski definition) is 1. The first kappa shape index (κ1) is 14.0. The summed E-state index contributed by atoms with van der Waals surface area (Å²) in [5.41, 5.74) is 8.78. The molecule has 0 atom stereocenters. The fraction of sp³-hybridized carbons (Fsp3) is 0.188. The van der Waals surface area contributed by atoms with Crippen molar-refractivity contribution in [2.24, 2.45) is 4.99 Å². The number of rotatable bonds is 5. The van der Waals surface area contributed by atoms with Gasteiger partial charge in [-0.05, 0) is 37.6 Å². The molecule has 1 rings (SSSR count). The van der Waals surface area contributed by atoms with Gasteiger partial charge in [0.25, 0.3) is 0 Å². The third-order valence-electron chi connectivity index (χ3n) is 2.29. The lowest BCUT2D eigenvalue weighted by atomic mass is 10.1. The van der Waals surface area contributed by atoms with E-state index in [-0.39, 0.29) is 0 Å². The fourth-order valence-electron chi connectivity index (χ4n) is 1.39. The summed E-state index contributed by atoms with van der Waals surface area (Å²) in [6, 6.07) is 7.83. The predicted octanol–water partition coefficient (Wildman–Crippen LogP) is 3.88. The minimum atomic E-state index is 0.790. The van der Waals surface area contributed by atoms with Crippen molar-refractivity contribution in [2.75, 3.05) is 12.3 Å². The highest BCUT2D eigenvalue weighted by atomic mass is 14.7. The van der Waals surface area contributed by atoms with E-state index < -0.39 is 0 Å². The van der Waals surface area contributed by atoms with Gasteiger partial charge in [0.05, 0.1) is 0 Å². The number of nitrogens with zero attached hydrogens (tertiary/aromatic N) is 1. The number of benzene rings is 1. The summed E-state index contributed by atoms with van der Waals surface area (Å²) >= 11 is 0. The van der Waals surface area contributed by atoms with Gasteiger partial charge in [0.2, 0.25) is 0 Å². The van der Waals surface area contributed by atoms with E-state index in [4.69, 9.17) is 5.73 Å². The van der Waals surface area contributed by atoms with Crippen LogP contribution in [0.25, 0.3) is 6.08 Å². The quantitative estimate of drug-likeness (QED) is 0.473. The van der Waals surface area contributed by atoms with Gasteiger partial charge in [0.1, 0.15) is 0 Å². The van der Waals surface area contributed by atoms with Crippen molar-refractivity contribution >= 4 is 18.0 Å². The molecule has 1 aromatic carbocycles. The lowest BCUT2D eigenvalue weighted by molar-refractivity contribution is 1.14. The Labute approximate surface area is 109 Å². The van der Waals surface area contributed by atoms with Crippen molar-refractivity contribution in [1.29, 1.82) is 0 Å². The first-order valence-electron chi connectivity index (χ1n) is 6.09. The minimum Gasteiger partial charge on any atom is -0.399 e. The van der Waals surface area contributed by atoms with E-state index in [1.807, 2.05) is 55.6 Å². The van der Waals surface area contributed by atoms with E-state index in [1.54, 1.807) is 0 Å². The third kappa shape index (κ3) is 5.85. The molecule has 0 aliphatic carbocycles. The summed E-state index contributed by atoms with van der Waals surface area (Å²) < 4.78 is 0. The summed E-state index contributed by atoms with van der Waals surface area (Å²) in [7, 11) is 0. The lowest BCUT2D eigenvalue weighted by Crippen LogP contribution is -1.83. The summed E-state index contributed by atoms with van der Waals surface area (Å²) in [5, 5.41) is 0. The molecule has 0 bridgehead atoms. The van der Waals surface area contributed by atoms with Gasteiger partial charge in [-0.25, -0.2) is 0 Å². The third-order valence-corrected chi connectivity index (χ3v) is 2.29. The van der Waals surface area contributed by atoms with Gasteiger partial charge in [-0.2, -0.15) is 0 Å². The maximum absolute atomic E-state index is 5.64. The molecule has 94 valence electrons. The largest absolute Gasteiger partial charge is 0.399 e. The van der Waals surface area contributed by atoms with Crippen LogP contribution in [0.5, 0.6) is 0 Å². The van der Waals surface area contributed by atoms with Crippen molar-refractivity contribution in [2.45, 2.75) is 13.8 Å². The molecule has 0 heterocycles. The van der Waals surface area contributed by atoms with Crippen molar-refractivity contribution in [1.82, 2.24) is 0 Å². The first-order chi connectivity index (χ1) is 8.72. The van der Waals surface area contributed by atoms with Crippen LogP contribution in [0.4, 0.5) is 5.69 Å². The maximum Gasteiger partial charge on any atom is 0.0360 e. The van der Waals surface area contributed by atoms with Crippen LogP contribution in [0.15, 0.2) is 59.1 Å². The molecule has 0 fully saturated rings. The Morgan fingerprint density at radius 3 is 2.56 bits per heavy atom. The molecule has 0 amide bonds. The van der Waals surface area contributed by atoms with Gasteiger partial charge in [-0.3, -0.25) is 4.99 Å². The van der Waals surface area contributed by atoms with E-state index in [2.05, 4.69) is 24.1 Å².